The van der Waals surface area contributed by atoms with Crippen LogP contribution in [0.3, 0.4) is 0 Å². The molecule has 0 aliphatic rings. The second-order valence-electron chi connectivity index (χ2n) is 4.57. The number of benzene rings is 3. The summed E-state index contributed by atoms with van der Waals surface area (Å²) in [6.45, 7) is 7.24. The van der Waals surface area contributed by atoms with Gasteiger partial charge in [-0.05, 0) is 22.3 Å². The van der Waals surface area contributed by atoms with E-state index in [9.17, 15) is 0 Å². The number of nitrogens with zero attached hydrogens (tertiary/aromatic N) is 1. The Morgan fingerprint density at radius 3 is 1.80 bits per heavy atom. The molecule has 0 aromatic heterocycles. The molecule has 0 fully saturated rings. The number of hydrogen-bond acceptors (Lipinski definition) is 0. The Balaban J connectivity index is 2.00. The van der Waals surface area contributed by atoms with Crippen molar-refractivity contribution in [1.82, 2.24) is 0 Å². The number of hydrogen-bond donors (Lipinski definition) is 0. The predicted octanol–water partition coefficient (Wildman–Crippen LogP) is 5.57. The zero-order valence-electron chi connectivity index (χ0n) is 11.0. The van der Waals surface area contributed by atoms with Crippen molar-refractivity contribution in [2.75, 3.05) is 0 Å². The van der Waals surface area contributed by atoms with E-state index >= 15 is 0 Å². The highest BCUT2D eigenvalue weighted by molar-refractivity contribution is 5.79. The molecule has 0 heterocycles. The molecule has 0 atom stereocenters. The van der Waals surface area contributed by atoms with Crippen LogP contribution in [0.4, 0.5) is 5.69 Å². The molecule has 3 rings (SSSR count). The van der Waals surface area contributed by atoms with Crippen molar-refractivity contribution in [3.8, 4) is 22.3 Å². The summed E-state index contributed by atoms with van der Waals surface area (Å²) in [6, 6.07) is 26.4. The van der Waals surface area contributed by atoms with Crippen LogP contribution in [0.2, 0.25) is 0 Å². The summed E-state index contributed by atoms with van der Waals surface area (Å²) >= 11 is 0. The molecule has 0 aliphatic heterocycles. The normalized spacial score (nSPS) is 9.95. The first-order valence-electron chi connectivity index (χ1n) is 6.51. The molecule has 0 saturated heterocycles. The monoisotopic (exact) mass is 255 g/mol. The molecule has 0 aliphatic carbocycles. The van der Waals surface area contributed by atoms with Gasteiger partial charge in [0.25, 0.3) is 0 Å². The van der Waals surface area contributed by atoms with Crippen molar-refractivity contribution in [3.05, 3.63) is 90.3 Å². The van der Waals surface area contributed by atoms with Gasteiger partial charge >= 0.3 is 0 Å². The Kier molecular flexibility index (Phi) is 3.31. The molecule has 0 spiro atoms. The summed E-state index contributed by atoms with van der Waals surface area (Å²) in [5.74, 6) is 0. The summed E-state index contributed by atoms with van der Waals surface area (Å²) in [5.41, 5.74) is 5.16. The molecule has 0 radical (unpaired) electrons. The van der Waals surface area contributed by atoms with Gasteiger partial charge in [0.05, 0.1) is 6.57 Å². The lowest BCUT2D eigenvalue weighted by Crippen LogP contribution is -1.80. The van der Waals surface area contributed by atoms with E-state index in [1.807, 2.05) is 42.5 Å². The van der Waals surface area contributed by atoms with E-state index in [4.69, 9.17) is 6.57 Å². The first-order valence-corrected chi connectivity index (χ1v) is 6.51. The summed E-state index contributed by atoms with van der Waals surface area (Å²) in [4.78, 5) is 3.58. The molecule has 0 bridgehead atoms. The van der Waals surface area contributed by atoms with E-state index in [2.05, 4.69) is 41.2 Å². The van der Waals surface area contributed by atoms with Crippen LogP contribution in [0.15, 0.2) is 78.9 Å². The Morgan fingerprint density at radius 1 is 0.550 bits per heavy atom. The van der Waals surface area contributed by atoms with Gasteiger partial charge in [-0.2, -0.15) is 0 Å². The molecule has 94 valence electrons. The van der Waals surface area contributed by atoms with Gasteiger partial charge in [0.2, 0.25) is 0 Å². The van der Waals surface area contributed by atoms with Crippen molar-refractivity contribution in [2.45, 2.75) is 0 Å². The topological polar surface area (TPSA) is 4.36 Å². The molecule has 0 saturated carbocycles. The third-order valence-corrected chi connectivity index (χ3v) is 3.33. The molecule has 1 nitrogen and oxygen atoms in total. The van der Waals surface area contributed by atoms with E-state index in [0.29, 0.717) is 5.69 Å². The van der Waals surface area contributed by atoms with Crippen LogP contribution >= 0.6 is 0 Å². The third-order valence-electron chi connectivity index (χ3n) is 3.33. The Morgan fingerprint density at radius 2 is 1.10 bits per heavy atom. The predicted molar refractivity (Wildman–Crippen MR) is 83.6 cm³/mol. The zero-order chi connectivity index (χ0) is 13.8. The van der Waals surface area contributed by atoms with Crippen molar-refractivity contribution in [1.29, 1.82) is 0 Å². The molecule has 3 aromatic rings. The Hall–Kier alpha value is -2.85. The molecule has 3 aromatic carbocycles. The van der Waals surface area contributed by atoms with Crippen LogP contribution in [-0.2, 0) is 0 Å². The lowest BCUT2D eigenvalue weighted by atomic mass is 9.99. The summed E-state index contributed by atoms with van der Waals surface area (Å²) in [7, 11) is 0. The van der Waals surface area contributed by atoms with E-state index in [-0.39, 0.29) is 0 Å². The van der Waals surface area contributed by atoms with Gasteiger partial charge in [-0.25, -0.2) is 4.85 Å². The molecule has 1 heteroatoms. The highest BCUT2D eigenvalue weighted by Gasteiger charge is 2.04. The fraction of sp³-hybridized carbons (Fsp3) is 0. The third kappa shape index (κ3) is 2.32. The molecular weight excluding hydrogens is 242 g/mol. The quantitative estimate of drug-likeness (QED) is 0.527. The van der Waals surface area contributed by atoms with Crippen LogP contribution < -0.4 is 0 Å². The minimum Gasteiger partial charge on any atom is -0.238 e. The summed E-state index contributed by atoms with van der Waals surface area (Å²) < 4.78 is 0. The fourth-order valence-corrected chi connectivity index (χ4v) is 2.29. The van der Waals surface area contributed by atoms with Crippen LogP contribution in [0.5, 0.6) is 0 Å². The van der Waals surface area contributed by atoms with Gasteiger partial charge < -0.3 is 0 Å². The average molecular weight is 255 g/mol. The second kappa shape index (κ2) is 5.42. The first kappa shape index (κ1) is 12.2. The van der Waals surface area contributed by atoms with Crippen molar-refractivity contribution >= 4 is 5.69 Å². The SMILES string of the molecule is [C-]#[N+]c1ccccc1-c1ccc(-c2ccccc2)cc1. The van der Waals surface area contributed by atoms with E-state index in [1.54, 1.807) is 0 Å². The van der Waals surface area contributed by atoms with E-state index < -0.39 is 0 Å². The Labute approximate surface area is 119 Å². The smallest absolute Gasteiger partial charge is 0.194 e. The van der Waals surface area contributed by atoms with Gasteiger partial charge in [0.1, 0.15) is 0 Å². The van der Waals surface area contributed by atoms with Crippen molar-refractivity contribution in [3.63, 3.8) is 0 Å². The summed E-state index contributed by atoms with van der Waals surface area (Å²) in [5, 5.41) is 0. The highest BCUT2D eigenvalue weighted by atomic mass is 14.6. The van der Waals surface area contributed by atoms with Crippen LogP contribution in [0.1, 0.15) is 0 Å². The lowest BCUT2D eigenvalue weighted by molar-refractivity contribution is 1.59. The standard InChI is InChI=1S/C19H13N/c1-20-19-10-6-5-9-18(19)17-13-11-16(12-14-17)15-7-3-2-4-8-15/h2-14H. The lowest BCUT2D eigenvalue weighted by Gasteiger charge is -2.06. The van der Waals surface area contributed by atoms with Crippen molar-refractivity contribution in [2.24, 2.45) is 0 Å². The van der Waals surface area contributed by atoms with Gasteiger partial charge in [-0.1, -0.05) is 78.9 Å². The first-order chi connectivity index (χ1) is 9.88. The maximum Gasteiger partial charge on any atom is 0.194 e. The molecule has 0 unspecified atom stereocenters. The molecule has 20 heavy (non-hydrogen) atoms. The fourth-order valence-electron chi connectivity index (χ4n) is 2.29. The number of para-hydroxylation sites is 1. The average Bonchev–Trinajstić information content (AvgIpc) is 2.56. The number of rotatable bonds is 2. The van der Waals surface area contributed by atoms with Crippen LogP contribution in [0, 0.1) is 6.57 Å². The maximum atomic E-state index is 7.24. The van der Waals surface area contributed by atoms with Crippen molar-refractivity contribution < 1.29 is 0 Å². The molecule has 0 N–H and O–H groups in total. The van der Waals surface area contributed by atoms with Gasteiger partial charge in [-0.15, -0.1) is 0 Å². The Bertz CT molecular complexity index is 750. The molecular formula is C19H13N. The summed E-state index contributed by atoms with van der Waals surface area (Å²) in [6.07, 6.45) is 0. The minimum absolute atomic E-state index is 0.694. The zero-order valence-corrected chi connectivity index (χ0v) is 11.0. The highest BCUT2D eigenvalue weighted by Crippen LogP contribution is 2.31. The van der Waals surface area contributed by atoms with E-state index in [0.717, 1.165) is 11.1 Å². The van der Waals surface area contributed by atoms with Gasteiger partial charge in [-0.3, -0.25) is 0 Å². The maximum absolute atomic E-state index is 7.24. The van der Waals surface area contributed by atoms with E-state index in [1.165, 1.54) is 11.1 Å². The van der Waals surface area contributed by atoms with Gasteiger partial charge in [0, 0.05) is 0 Å². The van der Waals surface area contributed by atoms with Crippen LogP contribution in [0.25, 0.3) is 27.1 Å². The second-order valence-corrected chi connectivity index (χ2v) is 4.57. The molecule has 0 amide bonds. The van der Waals surface area contributed by atoms with Crippen LogP contribution in [-0.4, -0.2) is 0 Å². The van der Waals surface area contributed by atoms with Gasteiger partial charge in [0.15, 0.2) is 5.69 Å². The minimum atomic E-state index is 0.694. The largest absolute Gasteiger partial charge is 0.238 e.